The molecule has 2 aromatic carbocycles. The minimum Gasteiger partial charge on any atom is -0.488 e. The fourth-order valence-electron chi connectivity index (χ4n) is 2.22. The fraction of sp³-hybridized carbons (Fsp3) is 0.286. The van der Waals surface area contributed by atoms with Gasteiger partial charge in [0, 0.05) is 11.6 Å². The molecule has 3 amide bonds. The second-order valence-corrected chi connectivity index (χ2v) is 7.08. The van der Waals surface area contributed by atoms with Crippen LogP contribution in [0.15, 0.2) is 48.5 Å². The number of ether oxygens (including phenoxy) is 2. The highest BCUT2D eigenvalue weighted by Crippen LogP contribution is 2.21. The largest absolute Gasteiger partial charge is 0.488 e. The van der Waals surface area contributed by atoms with Gasteiger partial charge in [0.2, 0.25) is 0 Å². The van der Waals surface area contributed by atoms with Crippen LogP contribution in [0.3, 0.4) is 0 Å². The molecule has 0 bridgehead atoms. The molecule has 0 aromatic heterocycles. The summed E-state index contributed by atoms with van der Waals surface area (Å²) in [5.41, 5.74) is 1.06. The molecule has 0 saturated heterocycles. The van der Waals surface area contributed by atoms with Gasteiger partial charge in [-0.15, -0.1) is 0 Å². The van der Waals surface area contributed by atoms with Crippen LogP contribution in [0.25, 0.3) is 0 Å². The molecule has 29 heavy (non-hydrogen) atoms. The number of hydrogen-bond acceptors (Lipinski definition) is 5. The van der Waals surface area contributed by atoms with E-state index in [0.29, 0.717) is 17.3 Å². The summed E-state index contributed by atoms with van der Waals surface area (Å²) in [6.07, 6.45) is 0. The summed E-state index contributed by atoms with van der Waals surface area (Å²) in [5, 5.41) is 5.26. The number of carbonyl (C=O) groups is 3. The van der Waals surface area contributed by atoms with Crippen molar-refractivity contribution in [3.63, 3.8) is 0 Å². The highest BCUT2D eigenvalue weighted by molar-refractivity contribution is 6.30. The number of nitrogens with one attached hydrogen (secondary N) is 2. The summed E-state index contributed by atoms with van der Waals surface area (Å²) < 4.78 is 10.7. The molecular weight excluding hydrogens is 396 g/mol. The summed E-state index contributed by atoms with van der Waals surface area (Å²) in [6.45, 7) is 3.93. The fourth-order valence-corrected chi connectivity index (χ4v) is 2.34. The molecule has 0 aliphatic rings. The number of halogens is 1. The summed E-state index contributed by atoms with van der Waals surface area (Å²) in [5.74, 6) is -0.880. The molecule has 0 atom stereocenters. The Labute approximate surface area is 174 Å². The Balaban J connectivity index is 1.88. The van der Waals surface area contributed by atoms with Gasteiger partial charge >= 0.3 is 12.0 Å². The molecule has 0 fully saturated rings. The van der Waals surface area contributed by atoms with Crippen LogP contribution in [0.2, 0.25) is 5.02 Å². The van der Waals surface area contributed by atoms with Gasteiger partial charge in [-0.3, -0.25) is 10.1 Å². The Kier molecular flexibility index (Phi) is 8.48. The van der Waals surface area contributed by atoms with E-state index in [1.54, 1.807) is 30.3 Å². The van der Waals surface area contributed by atoms with Crippen molar-refractivity contribution in [2.24, 2.45) is 5.92 Å². The van der Waals surface area contributed by atoms with Crippen LogP contribution in [0.5, 0.6) is 5.75 Å². The molecule has 0 aliphatic heterocycles. The zero-order valence-electron chi connectivity index (χ0n) is 16.2. The number of para-hydroxylation sites is 1. The summed E-state index contributed by atoms with van der Waals surface area (Å²) in [7, 11) is 0. The number of hydrogen-bond donors (Lipinski definition) is 2. The molecule has 2 rings (SSSR count). The van der Waals surface area contributed by atoms with Gasteiger partial charge in [0.25, 0.3) is 5.91 Å². The normalized spacial score (nSPS) is 10.3. The van der Waals surface area contributed by atoms with Gasteiger partial charge in [0.1, 0.15) is 17.9 Å². The maximum absolute atomic E-state index is 12.3. The van der Waals surface area contributed by atoms with E-state index in [1.807, 2.05) is 26.0 Å². The topological polar surface area (TPSA) is 93.7 Å². The molecule has 2 N–H and O–H groups in total. The SMILES string of the molecule is CC(C)CNC(=O)NC(=O)COC(=O)c1ccccc1OCc1ccc(Cl)cc1. The standard InChI is InChI=1S/C21H23ClN2O5/c1-14(2)11-23-21(27)24-19(25)13-29-20(26)17-5-3-4-6-18(17)28-12-15-7-9-16(22)10-8-15/h3-10,14H,11-13H2,1-2H3,(H2,23,24,25,27). The lowest BCUT2D eigenvalue weighted by atomic mass is 10.2. The lowest BCUT2D eigenvalue weighted by Gasteiger charge is -2.12. The minimum atomic E-state index is -0.727. The van der Waals surface area contributed by atoms with Crippen molar-refractivity contribution in [2.75, 3.05) is 13.2 Å². The van der Waals surface area contributed by atoms with Crippen molar-refractivity contribution in [1.82, 2.24) is 10.6 Å². The third kappa shape index (κ3) is 7.83. The van der Waals surface area contributed by atoms with E-state index in [1.165, 1.54) is 6.07 Å². The lowest BCUT2D eigenvalue weighted by Crippen LogP contribution is -2.42. The first-order valence-corrected chi connectivity index (χ1v) is 9.44. The number of benzene rings is 2. The van der Waals surface area contributed by atoms with Crippen LogP contribution < -0.4 is 15.4 Å². The van der Waals surface area contributed by atoms with Gasteiger partial charge < -0.3 is 14.8 Å². The maximum atomic E-state index is 12.3. The second kappa shape index (κ2) is 11.1. The van der Waals surface area contributed by atoms with Gasteiger partial charge in [-0.25, -0.2) is 9.59 Å². The maximum Gasteiger partial charge on any atom is 0.342 e. The molecule has 2 aromatic rings. The van der Waals surface area contributed by atoms with Gasteiger partial charge in [0.05, 0.1) is 0 Å². The molecule has 8 heteroatoms. The summed E-state index contributed by atoms with van der Waals surface area (Å²) in [6, 6.07) is 13.0. The van der Waals surface area contributed by atoms with E-state index in [0.717, 1.165) is 5.56 Å². The smallest absolute Gasteiger partial charge is 0.342 e. The van der Waals surface area contributed by atoms with E-state index in [-0.39, 0.29) is 18.1 Å². The second-order valence-electron chi connectivity index (χ2n) is 6.64. The monoisotopic (exact) mass is 418 g/mol. The van der Waals surface area contributed by atoms with Crippen LogP contribution in [0.1, 0.15) is 29.8 Å². The third-order valence-corrected chi connectivity index (χ3v) is 3.92. The highest BCUT2D eigenvalue weighted by atomic mass is 35.5. The zero-order chi connectivity index (χ0) is 21.2. The quantitative estimate of drug-likeness (QED) is 0.639. The average Bonchev–Trinajstić information content (AvgIpc) is 2.70. The molecule has 0 radical (unpaired) electrons. The highest BCUT2D eigenvalue weighted by Gasteiger charge is 2.16. The first-order chi connectivity index (χ1) is 13.8. The summed E-state index contributed by atoms with van der Waals surface area (Å²) >= 11 is 5.86. The predicted molar refractivity (Wildman–Crippen MR) is 109 cm³/mol. The zero-order valence-corrected chi connectivity index (χ0v) is 17.0. The Morgan fingerprint density at radius 2 is 1.72 bits per heavy atom. The Bertz CT molecular complexity index is 852. The first-order valence-electron chi connectivity index (χ1n) is 9.06. The number of imide groups is 1. The Hall–Kier alpha value is -3.06. The molecule has 0 spiro atoms. The van der Waals surface area contributed by atoms with Crippen LogP contribution >= 0.6 is 11.6 Å². The molecule has 0 saturated carbocycles. The van der Waals surface area contributed by atoms with Crippen molar-refractivity contribution in [2.45, 2.75) is 20.5 Å². The van der Waals surface area contributed by atoms with Crippen molar-refractivity contribution >= 4 is 29.5 Å². The van der Waals surface area contributed by atoms with Crippen LogP contribution in [0.4, 0.5) is 4.79 Å². The van der Waals surface area contributed by atoms with E-state index in [2.05, 4.69) is 10.6 Å². The summed E-state index contributed by atoms with van der Waals surface area (Å²) in [4.78, 5) is 35.6. The predicted octanol–water partition coefficient (Wildman–Crippen LogP) is 3.56. The number of esters is 1. The Morgan fingerprint density at radius 3 is 2.41 bits per heavy atom. The molecular formula is C21H23ClN2O5. The van der Waals surface area contributed by atoms with Crippen LogP contribution in [-0.2, 0) is 16.1 Å². The number of rotatable bonds is 8. The van der Waals surface area contributed by atoms with E-state index in [9.17, 15) is 14.4 Å². The van der Waals surface area contributed by atoms with Crippen molar-refractivity contribution < 1.29 is 23.9 Å². The third-order valence-electron chi connectivity index (χ3n) is 3.67. The molecule has 0 heterocycles. The number of urea groups is 1. The molecule has 0 aliphatic carbocycles. The number of amides is 3. The van der Waals surface area contributed by atoms with Crippen LogP contribution in [0, 0.1) is 5.92 Å². The minimum absolute atomic E-state index is 0.179. The Morgan fingerprint density at radius 1 is 1.03 bits per heavy atom. The van der Waals surface area contributed by atoms with Crippen molar-refractivity contribution in [3.8, 4) is 5.75 Å². The van der Waals surface area contributed by atoms with Crippen molar-refractivity contribution in [3.05, 3.63) is 64.7 Å². The number of carbonyl (C=O) groups excluding carboxylic acids is 3. The van der Waals surface area contributed by atoms with Gasteiger partial charge in [-0.05, 0) is 35.7 Å². The van der Waals surface area contributed by atoms with E-state index >= 15 is 0 Å². The molecule has 0 unspecified atom stereocenters. The van der Waals surface area contributed by atoms with Gasteiger partial charge in [0.15, 0.2) is 6.61 Å². The molecule has 154 valence electrons. The lowest BCUT2D eigenvalue weighted by molar-refractivity contribution is -0.123. The van der Waals surface area contributed by atoms with Crippen molar-refractivity contribution in [1.29, 1.82) is 0 Å². The average molecular weight is 419 g/mol. The van der Waals surface area contributed by atoms with Gasteiger partial charge in [-0.1, -0.05) is 49.7 Å². The van der Waals surface area contributed by atoms with Crippen LogP contribution in [-0.4, -0.2) is 31.1 Å². The first kappa shape index (κ1) is 22.2. The van der Waals surface area contributed by atoms with E-state index in [4.69, 9.17) is 21.1 Å². The van der Waals surface area contributed by atoms with E-state index < -0.39 is 24.5 Å². The molecule has 7 nitrogen and oxygen atoms in total. The van der Waals surface area contributed by atoms with Gasteiger partial charge in [-0.2, -0.15) is 0 Å².